The number of nitrogens with zero attached hydrogens (tertiary/aromatic N) is 2. The van der Waals surface area contributed by atoms with Gasteiger partial charge >= 0.3 is 5.97 Å². The van der Waals surface area contributed by atoms with Crippen molar-refractivity contribution in [2.45, 2.75) is 26.7 Å². The molecule has 0 saturated heterocycles. The summed E-state index contributed by atoms with van der Waals surface area (Å²) in [6, 6.07) is 5.33. The molecule has 6 heteroatoms. The molecule has 2 aromatic heterocycles. The Hall–Kier alpha value is -2.63. The zero-order valence-electron chi connectivity index (χ0n) is 14.1. The molecule has 1 aliphatic heterocycles. The summed E-state index contributed by atoms with van der Waals surface area (Å²) in [6.45, 7) is 4.76. The number of amides is 1. The van der Waals surface area contributed by atoms with E-state index in [2.05, 4.69) is 4.98 Å². The van der Waals surface area contributed by atoms with Crippen molar-refractivity contribution in [3.8, 4) is 0 Å². The third kappa shape index (κ3) is 3.04. The van der Waals surface area contributed by atoms with E-state index in [0.29, 0.717) is 42.9 Å². The fraction of sp³-hybridized carbons (Fsp3) is 0.389. The standard InChI is InChI=1S/C18H20N2O4/c1-11-4-5-16(24-11)17(21)20-8-6-13-10-14(18(22)23-3)12(2)19-15(13)7-9-20/h4-5,10H,6-9H2,1-3H3. The number of methoxy groups -OCH3 is 1. The zero-order valence-corrected chi connectivity index (χ0v) is 14.1. The monoisotopic (exact) mass is 328 g/mol. The van der Waals surface area contributed by atoms with Crippen molar-refractivity contribution in [1.82, 2.24) is 9.88 Å². The van der Waals surface area contributed by atoms with Gasteiger partial charge in [-0.2, -0.15) is 0 Å². The SMILES string of the molecule is COC(=O)c1cc2c(nc1C)CCN(C(=O)c1ccc(C)o1)CC2. The summed E-state index contributed by atoms with van der Waals surface area (Å²) in [5.41, 5.74) is 3.07. The number of pyridine rings is 1. The van der Waals surface area contributed by atoms with E-state index in [1.807, 2.05) is 13.0 Å². The second kappa shape index (κ2) is 6.47. The number of carbonyl (C=O) groups excluding carboxylic acids is 2. The van der Waals surface area contributed by atoms with Crippen LogP contribution < -0.4 is 0 Å². The number of hydrogen-bond donors (Lipinski definition) is 0. The average molecular weight is 328 g/mol. The minimum Gasteiger partial charge on any atom is -0.465 e. The van der Waals surface area contributed by atoms with Crippen LogP contribution in [0.5, 0.6) is 0 Å². The van der Waals surface area contributed by atoms with E-state index in [9.17, 15) is 9.59 Å². The third-order valence-corrected chi connectivity index (χ3v) is 4.29. The molecule has 0 N–H and O–H groups in total. The quantitative estimate of drug-likeness (QED) is 0.791. The highest BCUT2D eigenvalue weighted by Gasteiger charge is 2.24. The van der Waals surface area contributed by atoms with Crippen molar-refractivity contribution < 1.29 is 18.7 Å². The van der Waals surface area contributed by atoms with Gasteiger partial charge in [-0.05, 0) is 44.0 Å². The highest BCUT2D eigenvalue weighted by Crippen LogP contribution is 2.20. The first kappa shape index (κ1) is 16.2. The maximum Gasteiger partial charge on any atom is 0.339 e. The fourth-order valence-corrected chi connectivity index (χ4v) is 2.96. The molecule has 0 fully saturated rings. The molecule has 3 rings (SSSR count). The number of ether oxygens (including phenoxy) is 1. The Labute approximate surface area is 140 Å². The van der Waals surface area contributed by atoms with E-state index >= 15 is 0 Å². The summed E-state index contributed by atoms with van der Waals surface area (Å²) >= 11 is 0. The first-order valence-corrected chi connectivity index (χ1v) is 7.93. The highest BCUT2D eigenvalue weighted by atomic mass is 16.5. The molecule has 6 nitrogen and oxygen atoms in total. The summed E-state index contributed by atoms with van der Waals surface area (Å²) in [5.74, 6) is 0.584. The second-order valence-corrected chi connectivity index (χ2v) is 5.92. The van der Waals surface area contributed by atoms with Crippen LogP contribution in [-0.4, -0.2) is 42.0 Å². The van der Waals surface area contributed by atoms with Gasteiger partial charge in [0.25, 0.3) is 5.91 Å². The van der Waals surface area contributed by atoms with Crippen LogP contribution >= 0.6 is 0 Å². The molecule has 0 atom stereocenters. The predicted molar refractivity (Wildman–Crippen MR) is 87.1 cm³/mol. The Kier molecular flexibility index (Phi) is 4.38. The highest BCUT2D eigenvalue weighted by molar-refractivity contribution is 5.92. The summed E-state index contributed by atoms with van der Waals surface area (Å²) in [6.07, 6.45) is 1.31. The van der Waals surface area contributed by atoms with Gasteiger partial charge in [0, 0.05) is 25.2 Å². The molecule has 0 aromatic carbocycles. The Balaban J connectivity index is 1.82. The number of furan rings is 1. The third-order valence-electron chi connectivity index (χ3n) is 4.29. The lowest BCUT2D eigenvalue weighted by Gasteiger charge is -2.18. The van der Waals surface area contributed by atoms with Crippen molar-refractivity contribution in [2.24, 2.45) is 0 Å². The molecule has 0 radical (unpaired) electrons. The average Bonchev–Trinajstić information content (AvgIpc) is 2.90. The molecule has 126 valence electrons. The van der Waals surface area contributed by atoms with Gasteiger partial charge in [-0.25, -0.2) is 4.79 Å². The fourth-order valence-electron chi connectivity index (χ4n) is 2.96. The van der Waals surface area contributed by atoms with Gasteiger partial charge in [-0.3, -0.25) is 9.78 Å². The number of carbonyl (C=O) groups is 2. The van der Waals surface area contributed by atoms with Crippen LogP contribution in [0, 0.1) is 13.8 Å². The number of fused-ring (bicyclic) bond motifs is 1. The predicted octanol–water partition coefficient (Wildman–Crippen LogP) is 2.32. The van der Waals surface area contributed by atoms with Crippen molar-refractivity contribution in [1.29, 1.82) is 0 Å². The van der Waals surface area contributed by atoms with Crippen molar-refractivity contribution in [3.05, 3.63) is 52.2 Å². The van der Waals surface area contributed by atoms with Crippen LogP contribution in [-0.2, 0) is 17.6 Å². The topological polar surface area (TPSA) is 72.6 Å². The molecule has 3 heterocycles. The minimum absolute atomic E-state index is 0.110. The second-order valence-electron chi connectivity index (χ2n) is 5.92. The lowest BCUT2D eigenvalue weighted by Crippen LogP contribution is -2.33. The minimum atomic E-state index is -0.383. The van der Waals surface area contributed by atoms with Crippen molar-refractivity contribution >= 4 is 11.9 Å². The number of hydrogen-bond acceptors (Lipinski definition) is 5. The lowest BCUT2D eigenvalue weighted by atomic mass is 10.0. The summed E-state index contributed by atoms with van der Waals surface area (Å²) in [5, 5.41) is 0. The molecule has 0 unspecified atom stereocenters. The molecule has 0 bridgehead atoms. The van der Waals surface area contributed by atoms with Crippen molar-refractivity contribution in [3.63, 3.8) is 0 Å². The maximum atomic E-state index is 12.5. The molecule has 0 aliphatic carbocycles. The Bertz CT molecular complexity index is 794. The number of aromatic nitrogens is 1. The smallest absolute Gasteiger partial charge is 0.339 e. The largest absolute Gasteiger partial charge is 0.465 e. The van der Waals surface area contributed by atoms with Crippen LogP contribution in [0.1, 0.15) is 43.6 Å². The molecule has 0 spiro atoms. The Morgan fingerprint density at radius 1 is 1.21 bits per heavy atom. The van der Waals surface area contributed by atoms with Gasteiger partial charge in [-0.1, -0.05) is 0 Å². The number of aryl methyl sites for hydroxylation is 2. The van der Waals surface area contributed by atoms with Gasteiger partial charge in [0.15, 0.2) is 5.76 Å². The molecular weight excluding hydrogens is 308 g/mol. The van der Waals surface area contributed by atoms with E-state index in [4.69, 9.17) is 9.15 Å². The van der Waals surface area contributed by atoms with E-state index in [1.165, 1.54) is 7.11 Å². The Morgan fingerprint density at radius 2 is 1.96 bits per heavy atom. The first-order chi connectivity index (χ1) is 11.5. The number of rotatable bonds is 2. The van der Waals surface area contributed by atoms with Gasteiger partial charge in [-0.15, -0.1) is 0 Å². The Morgan fingerprint density at radius 3 is 2.62 bits per heavy atom. The van der Waals surface area contributed by atoms with Gasteiger partial charge in [0.1, 0.15) is 5.76 Å². The van der Waals surface area contributed by atoms with E-state index in [0.717, 1.165) is 17.0 Å². The molecule has 24 heavy (non-hydrogen) atoms. The van der Waals surface area contributed by atoms with Gasteiger partial charge in [0.05, 0.1) is 18.4 Å². The zero-order chi connectivity index (χ0) is 17.3. The van der Waals surface area contributed by atoms with Gasteiger partial charge in [0.2, 0.25) is 0 Å². The van der Waals surface area contributed by atoms with Crippen LogP contribution in [0.4, 0.5) is 0 Å². The van der Waals surface area contributed by atoms with Crippen LogP contribution in [0.2, 0.25) is 0 Å². The van der Waals surface area contributed by atoms with E-state index < -0.39 is 0 Å². The van der Waals surface area contributed by atoms with Gasteiger partial charge < -0.3 is 14.1 Å². The van der Waals surface area contributed by atoms with Crippen LogP contribution in [0.3, 0.4) is 0 Å². The normalized spacial score (nSPS) is 14.0. The number of esters is 1. The molecule has 1 aliphatic rings. The molecule has 1 amide bonds. The molecule has 2 aromatic rings. The summed E-state index contributed by atoms with van der Waals surface area (Å²) in [7, 11) is 1.36. The molecular formula is C18H20N2O4. The van der Waals surface area contributed by atoms with E-state index in [-0.39, 0.29) is 11.9 Å². The maximum absolute atomic E-state index is 12.5. The van der Waals surface area contributed by atoms with E-state index in [1.54, 1.807) is 24.0 Å². The summed E-state index contributed by atoms with van der Waals surface area (Å²) < 4.78 is 10.2. The summed E-state index contributed by atoms with van der Waals surface area (Å²) in [4.78, 5) is 30.7. The molecule has 0 saturated carbocycles. The van der Waals surface area contributed by atoms with Crippen molar-refractivity contribution in [2.75, 3.05) is 20.2 Å². The van der Waals surface area contributed by atoms with Crippen LogP contribution in [0.15, 0.2) is 22.6 Å². The lowest BCUT2D eigenvalue weighted by molar-refractivity contribution is 0.0598. The van der Waals surface area contributed by atoms with Crippen LogP contribution in [0.25, 0.3) is 0 Å². The first-order valence-electron chi connectivity index (χ1n) is 7.93.